The minimum atomic E-state index is -4.39. The van der Waals surface area contributed by atoms with Crippen LogP contribution in [0.4, 0.5) is 19.0 Å². The highest BCUT2D eigenvalue weighted by molar-refractivity contribution is 7.91. The number of carbonyl (C=O) groups is 1. The van der Waals surface area contributed by atoms with Crippen LogP contribution in [-0.2, 0) is 32.0 Å². The number of carbonyl (C=O) groups excluding carboxylic acids is 1. The van der Waals surface area contributed by atoms with Gasteiger partial charge in [0.1, 0.15) is 5.82 Å². The largest absolute Gasteiger partial charge is 0.416 e. The van der Waals surface area contributed by atoms with Crippen LogP contribution in [0.3, 0.4) is 0 Å². The van der Waals surface area contributed by atoms with Gasteiger partial charge in [-0.25, -0.2) is 13.4 Å². The lowest BCUT2D eigenvalue weighted by atomic mass is 9.95. The van der Waals surface area contributed by atoms with Crippen molar-refractivity contribution < 1.29 is 35.9 Å². The van der Waals surface area contributed by atoms with Gasteiger partial charge in [0.25, 0.3) is 5.91 Å². The summed E-state index contributed by atoms with van der Waals surface area (Å²) in [5, 5.41) is 2.83. The number of amides is 1. The number of benzene rings is 2. The Bertz CT molecular complexity index is 1510. The number of ether oxygens (including phenoxy) is 2. The molecule has 2 saturated heterocycles. The van der Waals surface area contributed by atoms with Crippen LogP contribution in [0.25, 0.3) is 0 Å². The Labute approximate surface area is 255 Å². The summed E-state index contributed by atoms with van der Waals surface area (Å²) in [5.74, 6) is 0.342. The molecule has 1 aromatic heterocycles. The molecule has 1 amide bonds. The van der Waals surface area contributed by atoms with Gasteiger partial charge >= 0.3 is 6.18 Å². The van der Waals surface area contributed by atoms with Gasteiger partial charge in [0, 0.05) is 38.4 Å². The standard InChI is InChI=1S/C32H36F3N3O5S/c1-2-44(40,41)29-10-3-22(4-11-29)18-37-31(39)24-7-12-30(36-19-24)38-20-25(23-5-8-26(9-6-23)32(33,34)35)17-27(38)21-43-28-13-15-42-16-14-28/h3-12,19,25,27-28H,2,13-18,20-21H2,1H3,(H,37,39)/t25?,27-/m0/s1. The van der Waals surface area contributed by atoms with Crippen molar-refractivity contribution in [3.63, 3.8) is 0 Å². The number of sulfone groups is 1. The molecule has 0 spiro atoms. The van der Waals surface area contributed by atoms with E-state index in [0.717, 1.165) is 36.1 Å². The molecule has 8 nitrogen and oxygen atoms in total. The molecule has 2 aliphatic rings. The van der Waals surface area contributed by atoms with Crippen LogP contribution in [0.1, 0.15) is 59.2 Å². The maximum Gasteiger partial charge on any atom is 0.416 e. The summed E-state index contributed by atoms with van der Waals surface area (Å²) >= 11 is 0. The Balaban J connectivity index is 1.25. The normalized spacial score (nSPS) is 19.7. The zero-order chi connectivity index (χ0) is 31.3. The van der Waals surface area contributed by atoms with E-state index in [1.54, 1.807) is 43.3 Å². The minimum absolute atomic E-state index is 0.0101. The second kappa shape index (κ2) is 13.7. The van der Waals surface area contributed by atoms with Crippen LogP contribution < -0.4 is 10.2 Å². The molecule has 5 rings (SSSR count). The first-order valence-electron chi connectivity index (χ1n) is 14.7. The number of hydrogen-bond acceptors (Lipinski definition) is 7. The average Bonchev–Trinajstić information content (AvgIpc) is 3.47. The van der Waals surface area contributed by atoms with Gasteiger partial charge in [-0.1, -0.05) is 31.2 Å². The topological polar surface area (TPSA) is 97.8 Å². The van der Waals surface area contributed by atoms with Crippen molar-refractivity contribution in [3.05, 3.63) is 89.1 Å². The number of nitrogens with zero attached hydrogens (tertiary/aromatic N) is 2. The number of halogens is 3. The Morgan fingerprint density at radius 1 is 1.05 bits per heavy atom. The predicted molar refractivity (Wildman–Crippen MR) is 159 cm³/mol. The smallest absolute Gasteiger partial charge is 0.381 e. The van der Waals surface area contributed by atoms with Crippen molar-refractivity contribution in [1.82, 2.24) is 10.3 Å². The molecule has 3 aromatic rings. The molecule has 12 heteroatoms. The summed E-state index contributed by atoms with van der Waals surface area (Å²) in [5.41, 5.74) is 1.28. The quantitative estimate of drug-likeness (QED) is 0.321. The number of aromatic nitrogens is 1. The lowest BCUT2D eigenvalue weighted by Crippen LogP contribution is -2.36. The van der Waals surface area contributed by atoms with E-state index in [2.05, 4.69) is 15.2 Å². The van der Waals surface area contributed by atoms with Crippen LogP contribution in [0.15, 0.2) is 71.8 Å². The molecule has 2 atom stereocenters. The zero-order valence-corrected chi connectivity index (χ0v) is 25.2. The molecule has 1 N–H and O–H groups in total. The average molecular weight is 632 g/mol. The molecule has 44 heavy (non-hydrogen) atoms. The van der Waals surface area contributed by atoms with Gasteiger partial charge in [-0.15, -0.1) is 0 Å². The summed E-state index contributed by atoms with van der Waals surface area (Å²) in [6.45, 7) is 4.12. The fraction of sp³-hybridized carbons (Fsp3) is 0.438. The molecule has 2 aliphatic heterocycles. The molecular formula is C32H36F3N3O5S. The number of pyridine rings is 1. The van der Waals surface area contributed by atoms with Crippen molar-refractivity contribution in [2.24, 2.45) is 0 Å². The highest BCUT2D eigenvalue weighted by Gasteiger charge is 2.36. The van der Waals surface area contributed by atoms with Crippen molar-refractivity contribution in [3.8, 4) is 0 Å². The van der Waals surface area contributed by atoms with Crippen LogP contribution in [0.2, 0.25) is 0 Å². The van der Waals surface area contributed by atoms with Gasteiger partial charge in [-0.3, -0.25) is 4.79 Å². The van der Waals surface area contributed by atoms with Crippen LogP contribution >= 0.6 is 0 Å². The van der Waals surface area contributed by atoms with Gasteiger partial charge in [0.15, 0.2) is 9.84 Å². The highest BCUT2D eigenvalue weighted by Crippen LogP contribution is 2.37. The number of anilines is 1. The van der Waals surface area contributed by atoms with Crippen molar-refractivity contribution >= 4 is 21.6 Å². The van der Waals surface area contributed by atoms with E-state index in [1.807, 2.05) is 0 Å². The Kier molecular flexibility index (Phi) is 9.91. The second-order valence-electron chi connectivity index (χ2n) is 11.1. The first-order valence-corrected chi connectivity index (χ1v) is 16.4. The number of rotatable bonds is 10. The van der Waals surface area contributed by atoms with E-state index < -0.39 is 21.6 Å². The molecule has 2 fully saturated rings. The van der Waals surface area contributed by atoms with Crippen LogP contribution in [-0.4, -0.2) is 63.6 Å². The highest BCUT2D eigenvalue weighted by atomic mass is 32.2. The summed E-state index contributed by atoms with van der Waals surface area (Å²) in [6, 6.07) is 15.2. The summed E-state index contributed by atoms with van der Waals surface area (Å²) in [7, 11) is -3.29. The molecule has 3 heterocycles. The first-order chi connectivity index (χ1) is 21.0. The molecule has 0 aliphatic carbocycles. The van der Waals surface area contributed by atoms with Gasteiger partial charge < -0.3 is 19.7 Å². The molecule has 0 bridgehead atoms. The third-order valence-electron chi connectivity index (χ3n) is 8.24. The fourth-order valence-electron chi connectivity index (χ4n) is 5.59. The Hall–Kier alpha value is -3.48. The lowest BCUT2D eigenvalue weighted by molar-refractivity contribution is -0.137. The van der Waals surface area contributed by atoms with E-state index in [1.165, 1.54) is 18.3 Å². The number of nitrogens with one attached hydrogen (secondary N) is 1. The minimum Gasteiger partial charge on any atom is -0.381 e. The van der Waals surface area contributed by atoms with E-state index in [-0.39, 0.29) is 41.2 Å². The summed E-state index contributed by atoms with van der Waals surface area (Å²) < 4.78 is 75.1. The predicted octanol–water partition coefficient (Wildman–Crippen LogP) is 5.38. The Morgan fingerprint density at radius 2 is 1.75 bits per heavy atom. The maximum absolute atomic E-state index is 13.1. The van der Waals surface area contributed by atoms with Crippen molar-refractivity contribution in [1.29, 1.82) is 0 Å². The Morgan fingerprint density at radius 3 is 2.36 bits per heavy atom. The van der Waals surface area contributed by atoms with Gasteiger partial charge in [0.05, 0.1) is 40.5 Å². The molecule has 0 saturated carbocycles. The van der Waals surface area contributed by atoms with Crippen LogP contribution in [0, 0.1) is 0 Å². The van der Waals surface area contributed by atoms with Crippen LogP contribution in [0.5, 0.6) is 0 Å². The van der Waals surface area contributed by atoms with E-state index in [9.17, 15) is 26.4 Å². The van der Waals surface area contributed by atoms with Gasteiger partial charge in [0.2, 0.25) is 0 Å². The second-order valence-corrected chi connectivity index (χ2v) is 13.4. The molecular weight excluding hydrogens is 595 g/mol. The summed E-state index contributed by atoms with van der Waals surface area (Å²) in [6.07, 6.45) is -0.457. The third-order valence-corrected chi connectivity index (χ3v) is 9.99. The first kappa shape index (κ1) is 31.9. The molecule has 0 radical (unpaired) electrons. The van der Waals surface area contributed by atoms with Gasteiger partial charge in [-0.05, 0) is 66.8 Å². The molecule has 1 unspecified atom stereocenters. The maximum atomic E-state index is 13.1. The lowest BCUT2D eigenvalue weighted by Gasteiger charge is -2.29. The monoisotopic (exact) mass is 631 g/mol. The fourth-order valence-corrected chi connectivity index (χ4v) is 6.47. The SMILES string of the molecule is CCS(=O)(=O)c1ccc(CNC(=O)c2ccc(N3CC(c4ccc(C(F)(F)F)cc4)C[C@H]3COC3CCOCC3)nc2)cc1. The summed E-state index contributed by atoms with van der Waals surface area (Å²) in [4.78, 5) is 19.8. The number of alkyl halides is 3. The number of hydrogen-bond donors (Lipinski definition) is 1. The molecule has 236 valence electrons. The van der Waals surface area contributed by atoms with Crippen molar-refractivity contribution in [2.75, 3.05) is 37.0 Å². The van der Waals surface area contributed by atoms with E-state index in [4.69, 9.17) is 9.47 Å². The zero-order valence-electron chi connectivity index (χ0n) is 24.4. The van der Waals surface area contributed by atoms with E-state index >= 15 is 0 Å². The van der Waals surface area contributed by atoms with Crippen molar-refractivity contribution in [2.45, 2.75) is 61.9 Å². The molecule has 2 aromatic carbocycles. The third kappa shape index (κ3) is 7.77. The van der Waals surface area contributed by atoms with E-state index in [0.29, 0.717) is 44.2 Å². The van der Waals surface area contributed by atoms with Gasteiger partial charge in [-0.2, -0.15) is 13.2 Å².